The minimum Gasteiger partial charge on any atom is -0.492 e. The first-order chi connectivity index (χ1) is 11.7. The predicted octanol–water partition coefficient (Wildman–Crippen LogP) is 3.18. The van der Waals surface area contributed by atoms with Gasteiger partial charge in [0.1, 0.15) is 11.4 Å². The van der Waals surface area contributed by atoms with Gasteiger partial charge in [-0.25, -0.2) is 0 Å². The highest BCUT2D eigenvalue weighted by atomic mass is 16.5. The number of nitrogens with zero attached hydrogens (tertiary/aromatic N) is 1. The SMILES string of the molecule is CCOc1ccccc1NC(=O)c1cc(NCCCOC)ccn1. The van der Waals surface area contributed by atoms with Crippen molar-refractivity contribution in [3.05, 3.63) is 48.3 Å². The smallest absolute Gasteiger partial charge is 0.274 e. The summed E-state index contributed by atoms with van der Waals surface area (Å²) in [5.41, 5.74) is 1.83. The van der Waals surface area contributed by atoms with Gasteiger partial charge in [-0.1, -0.05) is 12.1 Å². The molecule has 2 aromatic rings. The lowest BCUT2D eigenvalue weighted by Crippen LogP contribution is -2.15. The van der Waals surface area contributed by atoms with Crippen LogP contribution in [0, 0.1) is 0 Å². The van der Waals surface area contributed by atoms with Gasteiger partial charge in [0.25, 0.3) is 5.91 Å². The van der Waals surface area contributed by atoms with E-state index in [0.717, 1.165) is 18.7 Å². The molecule has 6 nitrogen and oxygen atoms in total. The molecule has 0 atom stereocenters. The molecule has 0 aliphatic heterocycles. The molecule has 1 heterocycles. The zero-order chi connectivity index (χ0) is 17.2. The Morgan fingerprint density at radius 1 is 1.25 bits per heavy atom. The van der Waals surface area contributed by atoms with E-state index in [1.807, 2.05) is 31.2 Å². The van der Waals surface area contributed by atoms with Gasteiger partial charge >= 0.3 is 0 Å². The van der Waals surface area contributed by atoms with Crippen molar-refractivity contribution in [2.75, 3.05) is 37.5 Å². The molecular weight excluding hydrogens is 306 g/mol. The number of nitrogens with one attached hydrogen (secondary N) is 2. The number of para-hydroxylation sites is 2. The largest absolute Gasteiger partial charge is 0.492 e. The lowest BCUT2D eigenvalue weighted by molar-refractivity contribution is 0.102. The quantitative estimate of drug-likeness (QED) is 0.691. The lowest BCUT2D eigenvalue weighted by atomic mass is 10.2. The van der Waals surface area contributed by atoms with Crippen LogP contribution in [0.1, 0.15) is 23.8 Å². The molecule has 2 N–H and O–H groups in total. The van der Waals surface area contributed by atoms with Gasteiger partial charge in [0.15, 0.2) is 0 Å². The summed E-state index contributed by atoms with van der Waals surface area (Å²) in [6.07, 6.45) is 2.50. The van der Waals surface area contributed by atoms with Crippen LogP contribution in [-0.4, -0.2) is 37.8 Å². The van der Waals surface area contributed by atoms with Crippen molar-refractivity contribution in [3.8, 4) is 5.75 Å². The van der Waals surface area contributed by atoms with E-state index >= 15 is 0 Å². The van der Waals surface area contributed by atoms with Crippen LogP contribution in [0.4, 0.5) is 11.4 Å². The van der Waals surface area contributed by atoms with E-state index in [0.29, 0.717) is 30.3 Å². The second kappa shape index (κ2) is 9.52. The molecule has 0 spiro atoms. The number of ether oxygens (including phenoxy) is 2. The van der Waals surface area contributed by atoms with Gasteiger partial charge in [-0.2, -0.15) is 0 Å². The van der Waals surface area contributed by atoms with Crippen molar-refractivity contribution in [1.82, 2.24) is 4.98 Å². The van der Waals surface area contributed by atoms with E-state index < -0.39 is 0 Å². The molecule has 6 heteroatoms. The Bertz CT molecular complexity index is 661. The summed E-state index contributed by atoms with van der Waals surface area (Å²) >= 11 is 0. The van der Waals surface area contributed by atoms with Gasteiger partial charge < -0.3 is 20.1 Å². The van der Waals surface area contributed by atoms with E-state index in [2.05, 4.69) is 15.6 Å². The second-order valence-electron chi connectivity index (χ2n) is 5.09. The number of carbonyl (C=O) groups is 1. The number of benzene rings is 1. The summed E-state index contributed by atoms with van der Waals surface area (Å²) in [7, 11) is 1.68. The van der Waals surface area contributed by atoms with Gasteiger partial charge in [0, 0.05) is 32.1 Å². The molecule has 2 rings (SSSR count). The van der Waals surface area contributed by atoms with Crippen LogP contribution < -0.4 is 15.4 Å². The third kappa shape index (κ3) is 5.24. The zero-order valence-electron chi connectivity index (χ0n) is 14.0. The highest BCUT2D eigenvalue weighted by Crippen LogP contribution is 2.24. The highest BCUT2D eigenvalue weighted by molar-refractivity contribution is 6.04. The maximum absolute atomic E-state index is 12.4. The number of pyridine rings is 1. The Kier molecular flexibility index (Phi) is 7.04. The van der Waals surface area contributed by atoms with Crippen LogP contribution in [0.2, 0.25) is 0 Å². The van der Waals surface area contributed by atoms with E-state index in [9.17, 15) is 4.79 Å². The van der Waals surface area contributed by atoms with Crippen molar-refractivity contribution in [2.24, 2.45) is 0 Å². The molecule has 1 amide bonds. The first kappa shape index (κ1) is 17.7. The molecule has 0 saturated heterocycles. The van der Waals surface area contributed by atoms with Gasteiger partial charge in [-0.05, 0) is 37.6 Å². The average Bonchev–Trinajstić information content (AvgIpc) is 2.61. The molecule has 1 aromatic heterocycles. The van der Waals surface area contributed by atoms with Crippen LogP contribution >= 0.6 is 0 Å². The van der Waals surface area contributed by atoms with Gasteiger partial charge in [0.05, 0.1) is 12.3 Å². The molecule has 0 aliphatic rings. The standard InChI is InChI=1S/C18H23N3O3/c1-3-24-17-8-5-4-7-15(17)21-18(22)16-13-14(9-11-20-16)19-10-6-12-23-2/h4-5,7-9,11,13H,3,6,10,12H2,1-2H3,(H,19,20)(H,21,22). The number of hydrogen-bond donors (Lipinski definition) is 2. The van der Waals surface area contributed by atoms with E-state index in [1.54, 1.807) is 25.4 Å². The fourth-order valence-corrected chi connectivity index (χ4v) is 2.15. The topological polar surface area (TPSA) is 72.5 Å². The van der Waals surface area contributed by atoms with Crippen molar-refractivity contribution >= 4 is 17.3 Å². The fraction of sp³-hybridized carbons (Fsp3) is 0.333. The number of hydrogen-bond acceptors (Lipinski definition) is 5. The third-order valence-electron chi connectivity index (χ3n) is 3.28. The van der Waals surface area contributed by atoms with Gasteiger partial charge in [-0.15, -0.1) is 0 Å². The summed E-state index contributed by atoms with van der Waals surface area (Å²) in [5.74, 6) is 0.366. The molecule has 1 aromatic carbocycles. The molecule has 0 saturated carbocycles. The summed E-state index contributed by atoms with van der Waals surface area (Å²) in [6, 6.07) is 10.9. The van der Waals surface area contributed by atoms with Crippen molar-refractivity contribution < 1.29 is 14.3 Å². The average molecular weight is 329 g/mol. The molecule has 0 bridgehead atoms. The zero-order valence-corrected chi connectivity index (χ0v) is 14.0. The number of anilines is 2. The summed E-state index contributed by atoms with van der Waals surface area (Å²) in [5, 5.41) is 6.09. The number of amides is 1. The number of methoxy groups -OCH3 is 1. The van der Waals surface area contributed by atoms with Gasteiger partial charge in [0.2, 0.25) is 0 Å². The molecule has 0 unspecified atom stereocenters. The first-order valence-electron chi connectivity index (χ1n) is 7.96. The van der Waals surface area contributed by atoms with Crippen LogP contribution in [0.15, 0.2) is 42.6 Å². The van der Waals surface area contributed by atoms with Crippen molar-refractivity contribution in [3.63, 3.8) is 0 Å². The summed E-state index contributed by atoms with van der Waals surface area (Å²) in [6.45, 7) is 3.90. The van der Waals surface area contributed by atoms with E-state index in [1.165, 1.54) is 0 Å². The van der Waals surface area contributed by atoms with Crippen LogP contribution in [-0.2, 0) is 4.74 Å². The second-order valence-corrected chi connectivity index (χ2v) is 5.09. The summed E-state index contributed by atoms with van der Waals surface area (Å²) < 4.78 is 10.5. The van der Waals surface area contributed by atoms with Crippen molar-refractivity contribution in [2.45, 2.75) is 13.3 Å². The lowest BCUT2D eigenvalue weighted by Gasteiger charge is -2.11. The molecule has 0 fully saturated rings. The molecule has 24 heavy (non-hydrogen) atoms. The fourth-order valence-electron chi connectivity index (χ4n) is 2.15. The highest BCUT2D eigenvalue weighted by Gasteiger charge is 2.11. The summed E-state index contributed by atoms with van der Waals surface area (Å²) in [4.78, 5) is 16.6. The Balaban J connectivity index is 2.02. The van der Waals surface area contributed by atoms with Crippen LogP contribution in [0.5, 0.6) is 5.75 Å². The normalized spacial score (nSPS) is 10.2. The molecule has 0 aliphatic carbocycles. The minimum absolute atomic E-state index is 0.275. The molecule has 128 valence electrons. The number of rotatable bonds is 9. The van der Waals surface area contributed by atoms with Crippen LogP contribution in [0.25, 0.3) is 0 Å². The number of carbonyl (C=O) groups excluding carboxylic acids is 1. The monoisotopic (exact) mass is 329 g/mol. The minimum atomic E-state index is -0.275. The Morgan fingerprint density at radius 2 is 2.08 bits per heavy atom. The van der Waals surface area contributed by atoms with E-state index in [4.69, 9.17) is 9.47 Å². The van der Waals surface area contributed by atoms with Crippen molar-refractivity contribution in [1.29, 1.82) is 0 Å². The van der Waals surface area contributed by atoms with E-state index in [-0.39, 0.29) is 5.91 Å². The van der Waals surface area contributed by atoms with Gasteiger partial charge in [-0.3, -0.25) is 9.78 Å². The maximum atomic E-state index is 12.4. The first-order valence-corrected chi connectivity index (χ1v) is 7.96. The number of aromatic nitrogens is 1. The molecular formula is C18H23N3O3. The predicted molar refractivity (Wildman–Crippen MR) is 94.8 cm³/mol. The van der Waals surface area contributed by atoms with Crippen LogP contribution in [0.3, 0.4) is 0 Å². The maximum Gasteiger partial charge on any atom is 0.274 e. The third-order valence-corrected chi connectivity index (χ3v) is 3.28. The Hall–Kier alpha value is -2.60. The molecule has 0 radical (unpaired) electrons. The Morgan fingerprint density at radius 3 is 2.88 bits per heavy atom. The Labute approximate surface area is 142 Å².